The van der Waals surface area contributed by atoms with Crippen LogP contribution in [0.2, 0.25) is 0 Å². The van der Waals surface area contributed by atoms with Crippen LogP contribution in [-0.2, 0) is 6.18 Å². The lowest BCUT2D eigenvalue weighted by molar-refractivity contribution is -0.137. The third-order valence-corrected chi connectivity index (χ3v) is 4.27. The summed E-state index contributed by atoms with van der Waals surface area (Å²) in [5, 5.41) is 0. The van der Waals surface area contributed by atoms with E-state index in [4.69, 9.17) is 4.74 Å². The van der Waals surface area contributed by atoms with Gasteiger partial charge in [0, 0.05) is 6.54 Å². The average Bonchev–Trinajstić information content (AvgIpc) is 3.08. The van der Waals surface area contributed by atoms with Crippen molar-refractivity contribution in [3.8, 4) is 16.9 Å². The van der Waals surface area contributed by atoms with Crippen LogP contribution >= 0.6 is 12.4 Å². The maximum absolute atomic E-state index is 12.6. The van der Waals surface area contributed by atoms with Crippen LogP contribution < -0.4 is 4.74 Å². The summed E-state index contributed by atoms with van der Waals surface area (Å²) >= 11 is 0. The van der Waals surface area contributed by atoms with E-state index in [1.165, 1.54) is 25.0 Å². The third kappa shape index (κ3) is 5.38. The van der Waals surface area contributed by atoms with Crippen molar-refractivity contribution in [3.63, 3.8) is 0 Å². The minimum Gasteiger partial charge on any atom is -0.492 e. The predicted molar refractivity (Wildman–Crippen MR) is 95.3 cm³/mol. The van der Waals surface area contributed by atoms with Gasteiger partial charge in [0.2, 0.25) is 0 Å². The van der Waals surface area contributed by atoms with Crippen LogP contribution in [0.1, 0.15) is 18.4 Å². The van der Waals surface area contributed by atoms with E-state index in [1.54, 1.807) is 0 Å². The maximum atomic E-state index is 12.6. The fourth-order valence-electron chi connectivity index (χ4n) is 2.89. The Morgan fingerprint density at radius 2 is 1.36 bits per heavy atom. The van der Waals surface area contributed by atoms with Crippen LogP contribution in [0.4, 0.5) is 13.2 Å². The number of hydrogen-bond donors (Lipinski definition) is 0. The number of alkyl halides is 3. The molecule has 1 heterocycles. The lowest BCUT2D eigenvalue weighted by Crippen LogP contribution is -2.25. The van der Waals surface area contributed by atoms with Crippen LogP contribution in [0, 0.1) is 0 Å². The number of benzene rings is 2. The number of likely N-dealkylation sites (tertiary alicyclic amines) is 1. The zero-order valence-corrected chi connectivity index (χ0v) is 14.6. The molecule has 1 aliphatic rings. The number of hydrogen-bond acceptors (Lipinski definition) is 2. The van der Waals surface area contributed by atoms with E-state index in [-0.39, 0.29) is 12.4 Å². The van der Waals surface area contributed by atoms with Crippen LogP contribution in [0.5, 0.6) is 5.75 Å². The van der Waals surface area contributed by atoms with Crippen molar-refractivity contribution >= 4 is 12.4 Å². The zero-order chi connectivity index (χ0) is 17.0. The van der Waals surface area contributed by atoms with Crippen LogP contribution in [0.15, 0.2) is 48.5 Å². The summed E-state index contributed by atoms with van der Waals surface area (Å²) in [7, 11) is 0. The summed E-state index contributed by atoms with van der Waals surface area (Å²) in [6, 6.07) is 12.7. The minimum atomic E-state index is -4.30. The summed E-state index contributed by atoms with van der Waals surface area (Å²) in [6.45, 7) is 3.88. The lowest BCUT2D eigenvalue weighted by atomic mass is 10.0. The first kappa shape index (κ1) is 19.6. The largest absolute Gasteiger partial charge is 0.492 e. The number of nitrogens with zero attached hydrogens (tertiary/aromatic N) is 1. The SMILES string of the molecule is Cl.FC(F)(F)c1ccc(-c2ccc(OCCN3CCCC3)cc2)cc1. The zero-order valence-electron chi connectivity index (χ0n) is 13.8. The van der Waals surface area contributed by atoms with Gasteiger partial charge in [-0.3, -0.25) is 4.90 Å². The predicted octanol–water partition coefficient (Wildman–Crippen LogP) is 5.27. The smallest absolute Gasteiger partial charge is 0.416 e. The molecule has 2 nitrogen and oxygen atoms in total. The van der Waals surface area contributed by atoms with Crippen molar-refractivity contribution in [2.75, 3.05) is 26.2 Å². The molecular formula is C19H21ClF3NO. The number of ether oxygens (including phenoxy) is 1. The van der Waals surface area contributed by atoms with Crippen LogP contribution in [0.25, 0.3) is 11.1 Å². The van der Waals surface area contributed by atoms with Crippen molar-refractivity contribution < 1.29 is 17.9 Å². The lowest BCUT2D eigenvalue weighted by Gasteiger charge is -2.15. The first-order valence-electron chi connectivity index (χ1n) is 8.15. The second kappa shape index (κ2) is 8.59. The summed E-state index contributed by atoms with van der Waals surface area (Å²) in [5.41, 5.74) is 0.996. The Labute approximate surface area is 152 Å². The molecule has 3 rings (SSSR count). The van der Waals surface area contributed by atoms with Crippen molar-refractivity contribution in [1.82, 2.24) is 4.90 Å². The van der Waals surface area contributed by atoms with E-state index in [9.17, 15) is 13.2 Å². The standard InChI is InChI=1S/C19H20F3NO.ClH/c20-19(21,22)17-7-3-15(4-8-17)16-5-9-18(10-6-16)24-14-13-23-11-1-2-12-23;/h3-10H,1-2,11-14H2;1H. The normalized spacial score (nSPS) is 15.0. The Hall–Kier alpha value is -1.72. The molecule has 0 N–H and O–H groups in total. The van der Waals surface area contributed by atoms with E-state index >= 15 is 0 Å². The average molecular weight is 372 g/mol. The minimum absolute atomic E-state index is 0. The Kier molecular flexibility index (Phi) is 6.73. The number of rotatable bonds is 5. The van der Waals surface area contributed by atoms with Crippen molar-refractivity contribution in [2.24, 2.45) is 0 Å². The molecule has 0 aliphatic carbocycles. The molecule has 6 heteroatoms. The van der Waals surface area contributed by atoms with Crippen LogP contribution in [-0.4, -0.2) is 31.1 Å². The summed E-state index contributed by atoms with van der Waals surface area (Å²) in [6.07, 6.45) is -1.77. The fourth-order valence-corrected chi connectivity index (χ4v) is 2.89. The molecule has 2 aromatic rings. The van der Waals surface area contributed by atoms with Crippen molar-refractivity contribution in [2.45, 2.75) is 19.0 Å². The molecule has 1 fully saturated rings. The topological polar surface area (TPSA) is 12.5 Å². The molecule has 136 valence electrons. The van der Waals surface area contributed by atoms with Gasteiger partial charge in [-0.1, -0.05) is 24.3 Å². The van der Waals surface area contributed by atoms with Gasteiger partial charge in [-0.2, -0.15) is 13.2 Å². The van der Waals surface area contributed by atoms with Crippen molar-refractivity contribution in [3.05, 3.63) is 54.1 Å². The van der Waals surface area contributed by atoms with Gasteiger partial charge in [0.1, 0.15) is 12.4 Å². The maximum Gasteiger partial charge on any atom is 0.416 e. The quantitative estimate of drug-likeness (QED) is 0.710. The molecule has 0 aromatic heterocycles. The molecule has 0 unspecified atom stereocenters. The molecule has 0 atom stereocenters. The second-order valence-corrected chi connectivity index (χ2v) is 6.00. The van der Waals surface area contributed by atoms with E-state index in [0.717, 1.165) is 48.6 Å². The summed E-state index contributed by atoms with van der Waals surface area (Å²) in [5.74, 6) is 0.782. The van der Waals surface area contributed by atoms with Gasteiger partial charge in [-0.05, 0) is 61.3 Å². The van der Waals surface area contributed by atoms with Gasteiger partial charge in [0.15, 0.2) is 0 Å². The Morgan fingerprint density at radius 3 is 1.88 bits per heavy atom. The monoisotopic (exact) mass is 371 g/mol. The van der Waals surface area contributed by atoms with Crippen molar-refractivity contribution in [1.29, 1.82) is 0 Å². The molecule has 1 aliphatic heterocycles. The highest BCUT2D eigenvalue weighted by Crippen LogP contribution is 2.31. The van der Waals surface area contributed by atoms with E-state index in [2.05, 4.69) is 4.90 Å². The van der Waals surface area contributed by atoms with Gasteiger partial charge in [-0.15, -0.1) is 12.4 Å². The molecule has 0 amide bonds. The fraction of sp³-hybridized carbons (Fsp3) is 0.368. The number of halogens is 4. The van der Waals surface area contributed by atoms with E-state index in [0.29, 0.717) is 6.61 Å². The summed E-state index contributed by atoms with van der Waals surface area (Å²) < 4.78 is 43.5. The molecule has 0 saturated carbocycles. The van der Waals surface area contributed by atoms with Gasteiger partial charge in [0.05, 0.1) is 5.56 Å². The van der Waals surface area contributed by atoms with Gasteiger partial charge >= 0.3 is 6.18 Å². The molecule has 2 aromatic carbocycles. The molecular weight excluding hydrogens is 351 g/mol. The highest BCUT2D eigenvalue weighted by Gasteiger charge is 2.29. The third-order valence-electron chi connectivity index (χ3n) is 4.27. The summed E-state index contributed by atoms with van der Waals surface area (Å²) in [4.78, 5) is 2.39. The Bertz CT molecular complexity index is 650. The van der Waals surface area contributed by atoms with Gasteiger partial charge < -0.3 is 4.74 Å². The van der Waals surface area contributed by atoms with Crippen LogP contribution in [0.3, 0.4) is 0 Å². The second-order valence-electron chi connectivity index (χ2n) is 6.00. The molecule has 0 bridgehead atoms. The first-order valence-corrected chi connectivity index (χ1v) is 8.15. The van der Waals surface area contributed by atoms with Gasteiger partial charge in [-0.25, -0.2) is 0 Å². The van der Waals surface area contributed by atoms with E-state index in [1.807, 2.05) is 24.3 Å². The molecule has 25 heavy (non-hydrogen) atoms. The molecule has 1 saturated heterocycles. The first-order chi connectivity index (χ1) is 11.5. The molecule has 0 spiro atoms. The Balaban J connectivity index is 0.00000225. The highest BCUT2D eigenvalue weighted by atomic mass is 35.5. The Morgan fingerprint density at radius 1 is 0.840 bits per heavy atom. The van der Waals surface area contributed by atoms with E-state index < -0.39 is 11.7 Å². The van der Waals surface area contributed by atoms with Gasteiger partial charge in [0.25, 0.3) is 0 Å². The highest BCUT2D eigenvalue weighted by molar-refractivity contribution is 5.85. The molecule has 0 radical (unpaired) electrons.